The molecule has 9 heteroatoms. The molecule has 0 bridgehead atoms. The highest BCUT2D eigenvalue weighted by Gasteiger charge is 2.16. The molecule has 0 spiro atoms. The molecule has 9 nitrogen and oxygen atoms in total. The normalized spacial score (nSPS) is 10.7. The number of aromatic nitrogens is 1. The van der Waals surface area contributed by atoms with E-state index < -0.39 is 16.9 Å². The first-order chi connectivity index (χ1) is 16.7. The summed E-state index contributed by atoms with van der Waals surface area (Å²) >= 11 is 0. The number of aryl methyl sites for hydroxylation is 1. The maximum atomic E-state index is 12.1. The average molecular weight is 475 g/mol. The highest BCUT2D eigenvalue weighted by Crippen LogP contribution is 2.35. The summed E-state index contributed by atoms with van der Waals surface area (Å²) in [6, 6.07) is 14.9. The van der Waals surface area contributed by atoms with E-state index in [0.29, 0.717) is 5.75 Å². The van der Waals surface area contributed by atoms with Crippen molar-refractivity contribution in [2.75, 3.05) is 7.11 Å². The van der Waals surface area contributed by atoms with E-state index in [1.54, 1.807) is 13.2 Å². The third kappa shape index (κ3) is 4.47. The minimum atomic E-state index is -0.654. The Morgan fingerprint density at radius 2 is 1.63 bits per heavy atom. The molecule has 5 aromatic rings. The number of pyridine rings is 1. The first kappa shape index (κ1) is 23.2. The van der Waals surface area contributed by atoms with Crippen molar-refractivity contribution >= 4 is 21.9 Å². The van der Waals surface area contributed by atoms with Crippen LogP contribution in [0.1, 0.15) is 5.56 Å². The van der Waals surface area contributed by atoms with Crippen LogP contribution in [0, 0.1) is 6.92 Å². The number of phenolic OH excluding ortho intramolecular Hbond substituents is 3. The molecule has 35 heavy (non-hydrogen) atoms. The van der Waals surface area contributed by atoms with Gasteiger partial charge in [0, 0.05) is 23.1 Å². The number of phenols is 3. The van der Waals surface area contributed by atoms with Gasteiger partial charge in [-0.3, -0.25) is 9.59 Å². The number of aromatic hydroxyl groups is 4. The van der Waals surface area contributed by atoms with Crippen molar-refractivity contribution < 1.29 is 29.6 Å². The molecule has 0 atom stereocenters. The Bertz CT molecular complexity index is 1680. The number of fused-ring (bicyclic) bond motifs is 2. The van der Waals surface area contributed by atoms with Crippen LogP contribution in [0.2, 0.25) is 0 Å². The van der Waals surface area contributed by atoms with Gasteiger partial charge < -0.3 is 34.6 Å². The zero-order chi connectivity index (χ0) is 25.3. The quantitative estimate of drug-likeness (QED) is 0.239. The van der Waals surface area contributed by atoms with Gasteiger partial charge in [-0.2, -0.15) is 0 Å². The van der Waals surface area contributed by atoms with Crippen LogP contribution in [-0.2, 0) is 0 Å². The van der Waals surface area contributed by atoms with Crippen LogP contribution in [0.4, 0.5) is 0 Å². The molecule has 2 heterocycles. The number of rotatable bonds is 2. The fourth-order valence-corrected chi connectivity index (χ4v) is 3.62. The van der Waals surface area contributed by atoms with Crippen LogP contribution < -0.4 is 15.7 Å². The molecule has 0 saturated heterocycles. The number of H-pyrrole nitrogens is 1. The SMILES string of the molecule is COc1cccc2c(C)cc(=O)[nH]c12.O=c1c(O)c(-c2ccc(O)c(O)c2)oc2cc(O)ccc12. The molecule has 0 aliphatic heterocycles. The van der Waals surface area contributed by atoms with Crippen molar-refractivity contribution in [3.63, 3.8) is 0 Å². The monoisotopic (exact) mass is 475 g/mol. The van der Waals surface area contributed by atoms with Crippen molar-refractivity contribution in [2.24, 2.45) is 0 Å². The van der Waals surface area contributed by atoms with Gasteiger partial charge in [0.2, 0.25) is 16.7 Å². The number of ether oxygens (including phenoxy) is 1. The van der Waals surface area contributed by atoms with Gasteiger partial charge in [-0.25, -0.2) is 0 Å². The molecule has 2 aromatic heterocycles. The Labute approximate surface area is 197 Å². The van der Waals surface area contributed by atoms with Crippen molar-refractivity contribution in [3.8, 4) is 40.1 Å². The summed E-state index contributed by atoms with van der Waals surface area (Å²) < 4.78 is 10.6. The standard InChI is InChI=1S/C15H10O6.C11H11NO2/c16-8-2-3-9-12(6-8)21-15(14(20)13(9)19)7-1-4-10(17)11(18)5-7;1-7-6-10(13)12-11-8(7)4-3-5-9(11)14-2/h1-6,16-18,20H;3-6H,1-2H3,(H,12,13). The average Bonchev–Trinajstić information content (AvgIpc) is 2.83. The Morgan fingerprint density at radius 1 is 0.857 bits per heavy atom. The number of benzene rings is 3. The second-order valence-electron chi connectivity index (χ2n) is 7.69. The highest BCUT2D eigenvalue weighted by molar-refractivity contribution is 5.87. The molecular formula is C26H21NO8. The lowest BCUT2D eigenvalue weighted by molar-refractivity contribution is 0.403. The van der Waals surface area contributed by atoms with E-state index in [2.05, 4.69) is 4.98 Å². The zero-order valence-corrected chi connectivity index (χ0v) is 18.7. The Morgan fingerprint density at radius 3 is 2.34 bits per heavy atom. The fraction of sp³-hybridized carbons (Fsp3) is 0.0769. The molecule has 3 aromatic carbocycles. The van der Waals surface area contributed by atoms with E-state index in [-0.39, 0.29) is 39.4 Å². The molecule has 0 unspecified atom stereocenters. The van der Waals surface area contributed by atoms with Gasteiger partial charge in [-0.1, -0.05) is 12.1 Å². The molecular weight excluding hydrogens is 454 g/mol. The molecule has 178 valence electrons. The summed E-state index contributed by atoms with van der Waals surface area (Å²) in [5.41, 5.74) is 1.28. The van der Waals surface area contributed by atoms with Gasteiger partial charge in [0.25, 0.3) is 0 Å². The first-order valence-corrected chi connectivity index (χ1v) is 10.4. The second-order valence-corrected chi connectivity index (χ2v) is 7.69. The lowest BCUT2D eigenvalue weighted by Gasteiger charge is -2.07. The van der Waals surface area contributed by atoms with Crippen molar-refractivity contribution in [2.45, 2.75) is 6.92 Å². The third-order valence-corrected chi connectivity index (χ3v) is 5.36. The topological polar surface area (TPSA) is 153 Å². The first-order valence-electron chi connectivity index (χ1n) is 10.4. The Kier molecular flexibility index (Phi) is 6.07. The van der Waals surface area contributed by atoms with Crippen LogP contribution in [0.25, 0.3) is 33.2 Å². The maximum absolute atomic E-state index is 12.1. The lowest BCUT2D eigenvalue weighted by Crippen LogP contribution is -2.05. The molecule has 5 rings (SSSR count). The second kappa shape index (κ2) is 9.14. The summed E-state index contributed by atoms with van der Waals surface area (Å²) in [6.45, 7) is 1.91. The highest BCUT2D eigenvalue weighted by atomic mass is 16.5. The van der Waals surface area contributed by atoms with Gasteiger partial charge in [-0.15, -0.1) is 0 Å². The summed E-state index contributed by atoms with van der Waals surface area (Å²) in [4.78, 5) is 26.1. The number of aromatic amines is 1. The predicted octanol–water partition coefficient (Wildman–Crippen LogP) is 4.13. The Hall–Kier alpha value is -4.92. The van der Waals surface area contributed by atoms with Crippen LogP contribution in [0.3, 0.4) is 0 Å². The number of hydrogen-bond acceptors (Lipinski definition) is 8. The number of para-hydroxylation sites is 1. The zero-order valence-electron chi connectivity index (χ0n) is 18.7. The van der Waals surface area contributed by atoms with Crippen LogP contribution in [-0.4, -0.2) is 32.5 Å². The smallest absolute Gasteiger partial charge is 0.248 e. The molecule has 0 saturated carbocycles. The van der Waals surface area contributed by atoms with Gasteiger partial charge in [0.15, 0.2) is 17.3 Å². The predicted molar refractivity (Wildman–Crippen MR) is 130 cm³/mol. The molecule has 0 fully saturated rings. The summed E-state index contributed by atoms with van der Waals surface area (Å²) in [7, 11) is 1.59. The molecule has 0 aliphatic rings. The van der Waals surface area contributed by atoms with E-state index >= 15 is 0 Å². The van der Waals surface area contributed by atoms with Crippen LogP contribution in [0.5, 0.6) is 28.7 Å². The van der Waals surface area contributed by atoms with E-state index in [9.17, 15) is 30.0 Å². The molecule has 0 amide bonds. The maximum Gasteiger partial charge on any atom is 0.248 e. The molecule has 0 aliphatic carbocycles. The fourth-order valence-electron chi connectivity index (χ4n) is 3.62. The number of methoxy groups -OCH3 is 1. The summed E-state index contributed by atoms with van der Waals surface area (Å²) in [5.74, 6) is -0.907. The van der Waals surface area contributed by atoms with E-state index in [1.165, 1.54) is 30.3 Å². The molecule has 5 N–H and O–H groups in total. The van der Waals surface area contributed by atoms with Gasteiger partial charge in [0.1, 0.15) is 17.1 Å². The van der Waals surface area contributed by atoms with Gasteiger partial charge in [-0.05, 0) is 48.9 Å². The van der Waals surface area contributed by atoms with Crippen LogP contribution in [0.15, 0.2) is 74.7 Å². The lowest BCUT2D eigenvalue weighted by atomic mass is 10.1. The van der Waals surface area contributed by atoms with Gasteiger partial charge >= 0.3 is 0 Å². The van der Waals surface area contributed by atoms with E-state index in [4.69, 9.17) is 9.15 Å². The van der Waals surface area contributed by atoms with E-state index in [0.717, 1.165) is 22.5 Å². The number of hydrogen-bond donors (Lipinski definition) is 5. The van der Waals surface area contributed by atoms with Crippen LogP contribution >= 0.6 is 0 Å². The Balaban J connectivity index is 0.000000179. The van der Waals surface area contributed by atoms with Crippen molar-refractivity contribution in [1.29, 1.82) is 0 Å². The van der Waals surface area contributed by atoms with E-state index in [1.807, 2.05) is 25.1 Å². The van der Waals surface area contributed by atoms with Crippen molar-refractivity contribution in [1.82, 2.24) is 4.98 Å². The van der Waals surface area contributed by atoms with Crippen molar-refractivity contribution in [3.05, 3.63) is 86.8 Å². The summed E-state index contributed by atoms with van der Waals surface area (Å²) in [5, 5.41) is 39.3. The van der Waals surface area contributed by atoms with Gasteiger partial charge in [0.05, 0.1) is 18.0 Å². The third-order valence-electron chi connectivity index (χ3n) is 5.36. The number of nitrogens with one attached hydrogen (secondary N) is 1. The minimum Gasteiger partial charge on any atom is -0.508 e. The minimum absolute atomic E-state index is 0.0872. The summed E-state index contributed by atoms with van der Waals surface area (Å²) in [6.07, 6.45) is 0. The molecule has 0 radical (unpaired) electrons. The largest absolute Gasteiger partial charge is 0.508 e.